The average Bonchev–Trinajstić information content (AvgIpc) is 2.49. The number of halogens is 2. The smallest absolute Gasteiger partial charge is 0.243 e. The molecular formula is C18H21Cl2N3O. The molecule has 4 nitrogen and oxygen atoms in total. The van der Waals surface area contributed by atoms with Gasteiger partial charge in [0, 0.05) is 5.02 Å². The van der Waals surface area contributed by atoms with Crippen LogP contribution < -0.4 is 11.0 Å². The van der Waals surface area contributed by atoms with E-state index in [2.05, 4.69) is 11.0 Å². The molecule has 0 aromatic heterocycles. The first kappa shape index (κ1) is 18.6. The van der Waals surface area contributed by atoms with Crippen LogP contribution in [0.15, 0.2) is 48.5 Å². The number of benzene rings is 2. The summed E-state index contributed by atoms with van der Waals surface area (Å²) in [5, 5.41) is 2.59. The highest BCUT2D eigenvalue weighted by Gasteiger charge is 2.26. The van der Waals surface area contributed by atoms with E-state index in [1.165, 1.54) is 0 Å². The Hall–Kier alpha value is -1.75. The minimum absolute atomic E-state index is 0.0497. The van der Waals surface area contributed by atoms with Gasteiger partial charge in [0.1, 0.15) is 0 Å². The van der Waals surface area contributed by atoms with Crippen LogP contribution in [-0.4, -0.2) is 16.5 Å². The van der Waals surface area contributed by atoms with Crippen molar-refractivity contribution >= 4 is 34.8 Å². The van der Waals surface area contributed by atoms with E-state index in [0.29, 0.717) is 22.2 Å². The maximum atomic E-state index is 12.7. The molecule has 0 aliphatic heterocycles. The van der Waals surface area contributed by atoms with Gasteiger partial charge in [-0.05, 0) is 44.5 Å². The molecule has 0 radical (unpaired) electrons. The molecule has 0 aliphatic carbocycles. The van der Waals surface area contributed by atoms with E-state index in [9.17, 15) is 4.79 Å². The molecule has 2 rings (SSSR count). The zero-order valence-corrected chi connectivity index (χ0v) is 15.4. The van der Waals surface area contributed by atoms with Gasteiger partial charge in [0.15, 0.2) is 0 Å². The molecule has 0 aliphatic rings. The summed E-state index contributed by atoms with van der Waals surface area (Å²) in [6, 6.07) is 14.7. The molecule has 0 unspecified atom stereocenters. The van der Waals surface area contributed by atoms with Crippen molar-refractivity contribution in [1.82, 2.24) is 10.5 Å². The van der Waals surface area contributed by atoms with E-state index in [4.69, 9.17) is 23.2 Å². The molecule has 2 aromatic carbocycles. The lowest BCUT2D eigenvalue weighted by Crippen LogP contribution is -2.56. The van der Waals surface area contributed by atoms with Crippen molar-refractivity contribution in [2.75, 3.05) is 5.43 Å². The largest absolute Gasteiger partial charge is 0.302 e. The molecule has 2 aromatic rings. The fraction of sp³-hybridized carbons (Fsp3) is 0.278. The average molecular weight is 366 g/mol. The van der Waals surface area contributed by atoms with Gasteiger partial charge in [-0.25, -0.2) is 0 Å². The summed E-state index contributed by atoms with van der Waals surface area (Å²) in [6.45, 7) is 5.86. The number of anilines is 1. The standard InChI is InChI=1S/C18H21Cl2N3O/c1-18(2,3)23(17(24)11-13-7-5-4-6-8-13)22-21-16-10-9-14(19)12-15(16)20/h4-10,12,21-22H,11H2,1-3H3. The molecule has 1 amide bonds. The molecule has 0 atom stereocenters. The number of hydrogen-bond donors (Lipinski definition) is 2. The zero-order valence-electron chi connectivity index (χ0n) is 13.9. The zero-order chi connectivity index (χ0) is 17.7. The van der Waals surface area contributed by atoms with E-state index >= 15 is 0 Å². The van der Waals surface area contributed by atoms with E-state index in [0.717, 1.165) is 5.56 Å². The number of hydrogen-bond acceptors (Lipinski definition) is 3. The summed E-state index contributed by atoms with van der Waals surface area (Å²) < 4.78 is 0. The minimum Gasteiger partial charge on any atom is -0.302 e. The van der Waals surface area contributed by atoms with Gasteiger partial charge in [0.2, 0.25) is 5.91 Å². The van der Waals surface area contributed by atoms with Crippen LogP contribution >= 0.6 is 23.2 Å². The van der Waals surface area contributed by atoms with Crippen molar-refractivity contribution in [3.8, 4) is 0 Å². The molecular weight excluding hydrogens is 345 g/mol. The van der Waals surface area contributed by atoms with Crippen LogP contribution in [-0.2, 0) is 11.2 Å². The Bertz CT molecular complexity index is 699. The van der Waals surface area contributed by atoms with Gasteiger partial charge >= 0.3 is 0 Å². The molecule has 6 heteroatoms. The monoisotopic (exact) mass is 365 g/mol. The van der Waals surface area contributed by atoms with Gasteiger partial charge in [0.25, 0.3) is 0 Å². The molecule has 128 valence electrons. The number of nitrogens with zero attached hydrogens (tertiary/aromatic N) is 1. The Morgan fingerprint density at radius 1 is 1.08 bits per heavy atom. The van der Waals surface area contributed by atoms with Gasteiger partial charge < -0.3 is 5.43 Å². The lowest BCUT2D eigenvalue weighted by atomic mass is 10.1. The summed E-state index contributed by atoms with van der Waals surface area (Å²) in [6.07, 6.45) is 0.307. The van der Waals surface area contributed by atoms with Crippen LogP contribution in [0, 0.1) is 0 Å². The fourth-order valence-electron chi connectivity index (χ4n) is 2.16. The quantitative estimate of drug-likeness (QED) is 0.755. The van der Waals surface area contributed by atoms with Crippen LogP contribution in [0.3, 0.4) is 0 Å². The highest BCUT2D eigenvalue weighted by atomic mass is 35.5. The highest BCUT2D eigenvalue weighted by Crippen LogP contribution is 2.25. The van der Waals surface area contributed by atoms with Crippen molar-refractivity contribution in [2.24, 2.45) is 0 Å². The third-order valence-electron chi connectivity index (χ3n) is 3.35. The van der Waals surface area contributed by atoms with E-state index in [1.807, 2.05) is 51.1 Å². The van der Waals surface area contributed by atoms with Crippen LogP contribution in [0.25, 0.3) is 0 Å². The Kier molecular flexibility index (Phi) is 6.10. The third kappa shape index (κ3) is 5.13. The van der Waals surface area contributed by atoms with Crippen molar-refractivity contribution in [1.29, 1.82) is 0 Å². The lowest BCUT2D eigenvalue weighted by molar-refractivity contribution is -0.139. The number of nitrogens with one attached hydrogen (secondary N) is 2. The molecule has 2 N–H and O–H groups in total. The molecule has 0 heterocycles. The topological polar surface area (TPSA) is 44.4 Å². The van der Waals surface area contributed by atoms with E-state index in [1.54, 1.807) is 23.2 Å². The van der Waals surface area contributed by atoms with Gasteiger partial charge in [-0.15, -0.1) is 5.53 Å². The third-order valence-corrected chi connectivity index (χ3v) is 3.90. The predicted molar refractivity (Wildman–Crippen MR) is 100.0 cm³/mol. The van der Waals surface area contributed by atoms with Crippen LogP contribution in [0.5, 0.6) is 0 Å². The minimum atomic E-state index is -0.419. The summed E-state index contributed by atoms with van der Waals surface area (Å²) in [7, 11) is 0. The first-order valence-corrected chi connectivity index (χ1v) is 8.36. The van der Waals surface area contributed by atoms with Crippen molar-refractivity contribution in [2.45, 2.75) is 32.7 Å². The van der Waals surface area contributed by atoms with Crippen LogP contribution in [0.4, 0.5) is 5.69 Å². The van der Waals surface area contributed by atoms with Crippen molar-refractivity contribution in [3.05, 3.63) is 64.1 Å². The fourth-order valence-corrected chi connectivity index (χ4v) is 2.62. The van der Waals surface area contributed by atoms with Crippen LogP contribution in [0.2, 0.25) is 10.0 Å². The van der Waals surface area contributed by atoms with Crippen molar-refractivity contribution < 1.29 is 4.79 Å². The van der Waals surface area contributed by atoms with Gasteiger partial charge in [-0.2, -0.15) is 0 Å². The number of carbonyl (C=O) groups is 1. The first-order chi connectivity index (χ1) is 11.3. The Balaban J connectivity index is 2.09. The summed E-state index contributed by atoms with van der Waals surface area (Å²) >= 11 is 12.0. The second-order valence-corrected chi connectivity index (χ2v) is 7.27. The second-order valence-electron chi connectivity index (χ2n) is 6.42. The number of carbonyl (C=O) groups excluding carboxylic acids is 1. The van der Waals surface area contributed by atoms with E-state index < -0.39 is 5.54 Å². The maximum absolute atomic E-state index is 12.7. The summed E-state index contributed by atoms with van der Waals surface area (Å²) in [5.41, 5.74) is 7.12. The Morgan fingerprint density at radius 3 is 2.33 bits per heavy atom. The molecule has 0 fully saturated rings. The molecule has 24 heavy (non-hydrogen) atoms. The number of hydrazine groups is 2. The Labute approximate surface area is 152 Å². The summed E-state index contributed by atoms with van der Waals surface area (Å²) in [5.74, 6) is -0.0497. The predicted octanol–water partition coefficient (Wildman–Crippen LogP) is 4.69. The van der Waals surface area contributed by atoms with Crippen molar-refractivity contribution in [3.63, 3.8) is 0 Å². The maximum Gasteiger partial charge on any atom is 0.243 e. The highest BCUT2D eigenvalue weighted by molar-refractivity contribution is 6.36. The Morgan fingerprint density at radius 2 is 1.75 bits per heavy atom. The molecule has 0 bridgehead atoms. The van der Waals surface area contributed by atoms with Gasteiger partial charge in [-0.3, -0.25) is 9.80 Å². The van der Waals surface area contributed by atoms with Crippen LogP contribution in [0.1, 0.15) is 26.3 Å². The van der Waals surface area contributed by atoms with E-state index in [-0.39, 0.29) is 5.91 Å². The van der Waals surface area contributed by atoms with Gasteiger partial charge in [-0.1, -0.05) is 53.5 Å². The molecule has 0 spiro atoms. The second kappa shape index (κ2) is 7.88. The first-order valence-electron chi connectivity index (χ1n) is 7.61. The SMILES string of the molecule is CC(C)(C)N(NNc1ccc(Cl)cc1Cl)C(=O)Cc1ccccc1. The molecule has 0 saturated heterocycles. The normalized spacial score (nSPS) is 11.2. The number of amides is 1. The van der Waals surface area contributed by atoms with Gasteiger partial charge in [0.05, 0.1) is 22.7 Å². The number of rotatable bonds is 5. The lowest BCUT2D eigenvalue weighted by Gasteiger charge is -2.36. The summed E-state index contributed by atoms with van der Waals surface area (Å²) in [4.78, 5) is 12.7. The molecule has 0 saturated carbocycles.